The van der Waals surface area contributed by atoms with Gasteiger partial charge in [-0.05, 0) is 52.3 Å². The van der Waals surface area contributed by atoms with Gasteiger partial charge in [-0.2, -0.15) is 5.26 Å². The lowest BCUT2D eigenvalue weighted by molar-refractivity contribution is 0.102. The summed E-state index contributed by atoms with van der Waals surface area (Å²) in [6.45, 7) is 0. The van der Waals surface area contributed by atoms with Gasteiger partial charge in [0.05, 0.1) is 16.8 Å². The molecule has 0 aliphatic carbocycles. The number of nitrogens with one attached hydrogen (secondary N) is 1. The molecule has 0 fully saturated rings. The highest BCUT2D eigenvalue weighted by Gasteiger charge is 2.13. The van der Waals surface area contributed by atoms with E-state index in [1.807, 2.05) is 6.07 Å². The summed E-state index contributed by atoms with van der Waals surface area (Å²) in [4.78, 5) is 12.1. The minimum atomic E-state index is -0.436. The smallest absolute Gasteiger partial charge is 0.256 e. The first-order valence-electron chi connectivity index (χ1n) is 5.47. The second-order valence-electron chi connectivity index (χ2n) is 3.88. The van der Waals surface area contributed by atoms with Crippen molar-refractivity contribution in [3.05, 3.63) is 62.3 Å². The van der Waals surface area contributed by atoms with E-state index >= 15 is 0 Å². The second-order valence-corrected chi connectivity index (χ2v) is 5.65. The van der Waals surface area contributed by atoms with Crippen LogP contribution in [-0.4, -0.2) is 5.91 Å². The van der Waals surface area contributed by atoms with Crippen LogP contribution in [0, 0.1) is 17.1 Å². The van der Waals surface area contributed by atoms with Crippen LogP contribution in [0.15, 0.2) is 45.3 Å². The van der Waals surface area contributed by atoms with Gasteiger partial charge >= 0.3 is 0 Å². The molecule has 2 aromatic carbocycles. The summed E-state index contributed by atoms with van der Waals surface area (Å²) in [7, 11) is 0. The van der Waals surface area contributed by atoms with E-state index in [2.05, 4.69) is 37.2 Å². The summed E-state index contributed by atoms with van der Waals surface area (Å²) in [5.41, 5.74) is 1.03. The first kappa shape index (κ1) is 14.7. The Kier molecular flexibility index (Phi) is 4.53. The maximum absolute atomic E-state index is 13.0. The molecule has 0 spiro atoms. The zero-order valence-corrected chi connectivity index (χ0v) is 13.1. The third kappa shape index (κ3) is 3.24. The Morgan fingerprint density at radius 2 is 1.95 bits per heavy atom. The minimum absolute atomic E-state index is 0.287. The van der Waals surface area contributed by atoms with Crippen LogP contribution in [0.25, 0.3) is 0 Å². The number of hydrogen-bond acceptors (Lipinski definition) is 2. The standard InChI is InChI=1S/C14H7Br2FN2O/c15-9-2-1-8(7-18)13(5-9)19-14(20)11-4-3-10(17)6-12(11)16/h1-6H,(H,19,20). The Balaban J connectivity index is 2.33. The lowest BCUT2D eigenvalue weighted by Gasteiger charge is -2.09. The molecular weight excluding hydrogens is 391 g/mol. The van der Waals surface area contributed by atoms with Gasteiger partial charge in [0.1, 0.15) is 11.9 Å². The summed E-state index contributed by atoms with van der Waals surface area (Å²) in [5, 5.41) is 11.6. The van der Waals surface area contributed by atoms with Crippen LogP contribution in [0.5, 0.6) is 0 Å². The van der Waals surface area contributed by atoms with E-state index in [9.17, 15) is 9.18 Å². The molecule has 0 heterocycles. The van der Waals surface area contributed by atoms with Gasteiger partial charge in [-0.1, -0.05) is 15.9 Å². The van der Waals surface area contributed by atoms with Crippen molar-refractivity contribution in [1.29, 1.82) is 5.26 Å². The van der Waals surface area contributed by atoms with Crippen molar-refractivity contribution in [2.24, 2.45) is 0 Å². The number of anilines is 1. The van der Waals surface area contributed by atoms with E-state index in [1.54, 1.807) is 18.2 Å². The molecule has 1 amide bonds. The molecule has 20 heavy (non-hydrogen) atoms. The molecule has 1 N–H and O–H groups in total. The van der Waals surface area contributed by atoms with Crippen LogP contribution in [0.2, 0.25) is 0 Å². The average molecular weight is 398 g/mol. The molecule has 0 aromatic heterocycles. The monoisotopic (exact) mass is 396 g/mol. The summed E-state index contributed by atoms with van der Waals surface area (Å²) < 4.78 is 14.1. The molecule has 0 bridgehead atoms. The molecule has 0 saturated heterocycles. The van der Waals surface area contributed by atoms with Crippen molar-refractivity contribution < 1.29 is 9.18 Å². The molecule has 6 heteroatoms. The number of carbonyl (C=O) groups is 1. The zero-order chi connectivity index (χ0) is 14.7. The number of nitrogens with zero attached hydrogens (tertiary/aromatic N) is 1. The van der Waals surface area contributed by atoms with Crippen molar-refractivity contribution >= 4 is 43.5 Å². The first-order valence-corrected chi connectivity index (χ1v) is 7.06. The fraction of sp³-hybridized carbons (Fsp3) is 0. The normalized spacial score (nSPS) is 9.90. The second kappa shape index (κ2) is 6.16. The summed E-state index contributed by atoms with van der Waals surface area (Å²) >= 11 is 6.41. The zero-order valence-electron chi connectivity index (χ0n) is 9.95. The molecule has 0 aliphatic heterocycles. The van der Waals surface area contributed by atoms with Gasteiger partial charge in [0.25, 0.3) is 5.91 Å². The maximum Gasteiger partial charge on any atom is 0.256 e. The van der Waals surface area contributed by atoms with Crippen LogP contribution in [0.3, 0.4) is 0 Å². The Morgan fingerprint density at radius 3 is 2.60 bits per heavy atom. The van der Waals surface area contributed by atoms with E-state index in [0.29, 0.717) is 15.7 Å². The highest BCUT2D eigenvalue weighted by molar-refractivity contribution is 9.10. The van der Waals surface area contributed by atoms with Crippen molar-refractivity contribution in [3.63, 3.8) is 0 Å². The Labute approximate surface area is 131 Å². The minimum Gasteiger partial charge on any atom is -0.321 e. The van der Waals surface area contributed by atoms with Crippen LogP contribution in [0.4, 0.5) is 10.1 Å². The fourth-order valence-corrected chi connectivity index (χ4v) is 2.47. The van der Waals surface area contributed by atoms with Gasteiger partial charge < -0.3 is 5.32 Å². The van der Waals surface area contributed by atoms with Crippen LogP contribution < -0.4 is 5.32 Å². The third-order valence-corrected chi connectivity index (χ3v) is 3.68. The van der Waals surface area contributed by atoms with E-state index in [1.165, 1.54) is 18.2 Å². The van der Waals surface area contributed by atoms with Crippen molar-refractivity contribution in [1.82, 2.24) is 0 Å². The van der Waals surface area contributed by atoms with E-state index in [-0.39, 0.29) is 5.56 Å². The van der Waals surface area contributed by atoms with Gasteiger partial charge in [0.2, 0.25) is 0 Å². The molecule has 0 aliphatic rings. The number of nitriles is 1. The number of hydrogen-bond donors (Lipinski definition) is 1. The lowest BCUT2D eigenvalue weighted by Crippen LogP contribution is -2.13. The highest BCUT2D eigenvalue weighted by atomic mass is 79.9. The number of amides is 1. The molecule has 2 rings (SSSR count). The molecule has 0 radical (unpaired) electrons. The molecule has 3 nitrogen and oxygen atoms in total. The van der Waals surface area contributed by atoms with Crippen molar-refractivity contribution in [3.8, 4) is 6.07 Å². The van der Waals surface area contributed by atoms with Gasteiger partial charge in [0.15, 0.2) is 0 Å². The van der Waals surface area contributed by atoms with E-state index < -0.39 is 11.7 Å². The molecule has 2 aromatic rings. The van der Waals surface area contributed by atoms with E-state index in [0.717, 1.165) is 4.47 Å². The fourth-order valence-electron chi connectivity index (χ4n) is 1.58. The maximum atomic E-state index is 13.0. The average Bonchev–Trinajstić information content (AvgIpc) is 2.38. The largest absolute Gasteiger partial charge is 0.321 e. The molecule has 0 saturated carbocycles. The van der Waals surface area contributed by atoms with Crippen molar-refractivity contribution in [2.45, 2.75) is 0 Å². The van der Waals surface area contributed by atoms with Crippen LogP contribution in [-0.2, 0) is 0 Å². The van der Waals surface area contributed by atoms with E-state index in [4.69, 9.17) is 5.26 Å². The number of rotatable bonds is 2. The molecule has 0 atom stereocenters. The topological polar surface area (TPSA) is 52.9 Å². The summed E-state index contributed by atoms with van der Waals surface area (Å²) in [6.07, 6.45) is 0. The molecule has 0 unspecified atom stereocenters. The molecule has 100 valence electrons. The Bertz CT molecular complexity index is 726. The van der Waals surface area contributed by atoms with Gasteiger partial charge in [0, 0.05) is 8.95 Å². The lowest BCUT2D eigenvalue weighted by atomic mass is 10.1. The summed E-state index contributed by atoms with van der Waals surface area (Å²) in [5.74, 6) is -0.861. The Morgan fingerprint density at radius 1 is 1.20 bits per heavy atom. The van der Waals surface area contributed by atoms with Gasteiger partial charge in [-0.15, -0.1) is 0 Å². The quantitative estimate of drug-likeness (QED) is 0.812. The predicted molar refractivity (Wildman–Crippen MR) is 80.9 cm³/mol. The number of carbonyl (C=O) groups excluding carboxylic acids is 1. The Hall–Kier alpha value is -1.71. The summed E-state index contributed by atoms with van der Waals surface area (Å²) in [6, 6.07) is 10.7. The van der Waals surface area contributed by atoms with Crippen molar-refractivity contribution in [2.75, 3.05) is 5.32 Å². The van der Waals surface area contributed by atoms with Crippen LogP contribution >= 0.6 is 31.9 Å². The number of benzene rings is 2. The predicted octanol–water partition coefficient (Wildman–Crippen LogP) is 4.47. The third-order valence-electron chi connectivity index (χ3n) is 2.53. The van der Waals surface area contributed by atoms with Crippen LogP contribution in [0.1, 0.15) is 15.9 Å². The van der Waals surface area contributed by atoms with Gasteiger partial charge in [-0.25, -0.2) is 4.39 Å². The number of halogens is 3. The first-order chi connectivity index (χ1) is 9.51. The molecular formula is C14H7Br2FN2O. The van der Waals surface area contributed by atoms with Gasteiger partial charge in [-0.3, -0.25) is 4.79 Å². The SMILES string of the molecule is N#Cc1ccc(Br)cc1NC(=O)c1ccc(F)cc1Br. The highest BCUT2D eigenvalue weighted by Crippen LogP contribution is 2.23.